The van der Waals surface area contributed by atoms with E-state index < -0.39 is 0 Å². The van der Waals surface area contributed by atoms with E-state index >= 15 is 0 Å². The van der Waals surface area contributed by atoms with Crippen molar-refractivity contribution < 1.29 is 0 Å². The Kier molecular flexibility index (Phi) is 6.37. The number of benzene rings is 2. The third kappa shape index (κ3) is 6.00. The third-order valence-electron chi connectivity index (χ3n) is 2.86. The lowest BCUT2D eigenvalue weighted by atomic mass is 10.2. The fourth-order valence-electron chi connectivity index (χ4n) is 1.76. The van der Waals surface area contributed by atoms with Crippen LogP contribution in [0, 0.1) is 0 Å². The predicted molar refractivity (Wildman–Crippen MR) is 92.0 cm³/mol. The summed E-state index contributed by atoms with van der Waals surface area (Å²) in [6.07, 6.45) is 4.90. The lowest BCUT2D eigenvalue weighted by molar-refractivity contribution is 0.986. The van der Waals surface area contributed by atoms with Crippen molar-refractivity contribution in [1.29, 1.82) is 0 Å². The van der Waals surface area contributed by atoms with Crippen molar-refractivity contribution in [2.45, 2.75) is 12.8 Å². The number of nitrogens with two attached hydrogens (primary N) is 1. The Morgan fingerprint density at radius 3 is 2.00 bits per heavy atom. The molecule has 0 atom stereocenters. The van der Waals surface area contributed by atoms with Gasteiger partial charge < -0.3 is 5.73 Å². The van der Waals surface area contributed by atoms with Gasteiger partial charge in [0, 0.05) is 25.3 Å². The van der Waals surface area contributed by atoms with Gasteiger partial charge in [0.05, 0.1) is 0 Å². The van der Waals surface area contributed by atoms with Crippen LogP contribution in [0.3, 0.4) is 0 Å². The smallest absolute Gasteiger partial charge is 0.234 e. The van der Waals surface area contributed by atoms with Crippen LogP contribution in [0.1, 0.15) is 11.1 Å². The summed E-state index contributed by atoms with van der Waals surface area (Å²) in [5.74, 6) is 0.161. The molecule has 2 aromatic carbocycles. The maximum atomic E-state index is 5.64. The van der Waals surface area contributed by atoms with Gasteiger partial charge in [-0.25, -0.2) is 5.43 Å². The maximum absolute atomic E-state index is 5.64. The molecule has 2 aromatic rings. The van der Waals surface area contributed by atoms with Crippen LogP contribution in [0.2, 0.25) is 0 Å². The molecule has 3 N–H and O–H groups in total. The largest absolute Gasteiger partial charge is 0.367 e. The summed E-state index contributed by atoms with van der Waals surface area (Å²) in [5.41, 5.74) is 10.6. The maximum Gasteiger partial charge on any atom is 0.234 e. The minimum absolute atomic E-state index is 0.161. The zero-order valence-electron chi connectivity index (χ0n) is 12.3. The Bertz CT molecular complexity index is 633. The molecule has 0 amide bonds. The van der Waals surface area contributed by atoms with Crippen LogP contribution in [0.25, 0.3) is 0 Å². The van der Waals surface area contributed by atoms with Crippen molar-refractivity contribution in [2.75, 3.05) is 0 Å². The predicted octanol–water partition coefficient (Wildman–Crippen LogP) is 2.35. The Balaban J connectivity index is 1.71. The van der Waals surface area contributed by atoms with Crippen molar-refractivity contribution in [3.8, 4) is 0 Å². The molecule has 0 saturated carbocycles. The summed E-state index contributed by atoms with van der Waals surface area (Å²) in [4.78, 5) is 0. The minimum Gasteiger partial charge on any atom is -0.367 e. The van der Waals surface area contributed by atoms with E-state index in [1.165, 1.54) is 11.1 Å². The van der Waals surface area contributed by atoms with E-state index in [4.69, 9.17) is 5.73 Å². The van der Waals surface area contributed by atoms with Gasteiger partial charge in [0.15, 0.2) is 0 Å². The Morgan fingerprint density at radius 2 is 1.41 bits per heavy atom. The second kappa shape index (κ2) is 9.07. The average Bonchev–Trinajstić information content (AvgIpc) is 2.57. The van der Waals surface area contributed by atoms with Gasteiger partial charge in [0.25, 0.3) is 0 Å². The standard InChI is InChI=1S/C17H19N5/c18-17(21-19-13-11-15-7-3-1-4-8-15)22-20-14-12-16-9-5-2-6-10-16/h1-10,13-14H,11-12H2,(H3,18,21,22)/b19-13-,20-14-. The molecule has 112 valence electrons. The quantitative estimate of drug-likeness (QED) is 0.487. The molecule has 0 bridgehead atoms. The molecule has 0 aliphatic carbocycles. The number of hydrogen-bond acceptors (Lipinski definition) is 3. The van der Waals surface area contributed by atoms with Gasteiger partial charge in [0.1, 0.15) is 0 Å². The van der Waals surface area contributed by atoms with Crippen molar-refractivity contribution in [3.05, 3.63) is 71.8 Å². The molecule has 22 heavy (non-hydrogen) atoms. The van der Waals surface area contributed by atoms with Crippen LogP contribution < -0.4 is 11.2 Å². The van der Waals surface area contributed by atoms with Gasteiger partial charge in [0.2, 0.25) is 5.96 Å². The van der Waals surface area contributed by atoms with Crippen LogP contribution in [-0.4, -0.2) is 18.4 Å². The molecule has 5 nitrogen and oxygen atoms in total. The fourth-order valence-corrected chi connectivity index (χ4v) is 1.76. The second-order valence-electron chi connectivity index (χ2n) is 4.59. The van der Waals surface area contributed by atoms with E-state index in [-0.39, 0.29) is 5.96 Å². The first-order valence-corrected chi connectivity index (χ1v) is 7.05. The molecule has 2 rings (SSSR count). The molecule has 0 heterocycles. The Morgan fingerprint density at radius 1 is 0.864 bits per heavy atom. The highest BCUT2D eigenvalue weighted by Crippen LogP contribution is 1.98. The first-order chi connectivity index (χ1) is 10.8. The topological polar surface area (TPSA) is 75.1 Å². The zero-order valence-corrected chi connectivity index (χ0v) is 12.3. The number of nitrogens with zero attached hydrogens (tertiary/aromatic N) is 3. The van der Waals surface area contributed by atoms with Crippen LogP contribution in [-0.2, 0) is 12.8 Å². The van der Waals surface area contributed by atoms with Crippen molar-refractivity contribution in [1.82, 2.24) is 5.43 Å². The van der Waals surface area contributed by atoms with Gasteiger partial charge in [-0.15, -0.1) is 5.10 Å². The number of nitrogens with one attached hydrogen (secondary N) is 1. The van der Waals surface area contributed by atoms with Crippen molar-refractivity contribution >= 4 is 18.4 Å². The molecule has 0 aliphatic heterocycles. The van der Waals surface area contributed by atoms with Gasteiger partial charge in [-0.2, -0.15) is 10.2 Å². The molecular weight excluding hydrogens is 274 g/mol. The van der Waals surface area contributed by atoms with E-state index in [0.717, 1.165) is 12.8 Å². The second-order valence-corrected chi connectivity index (χ2v) is 4.59. The van der Waals surface area contributed by atoms with E-state index in [9.17, 15) is 0 Å². The Labute approximate surface area is 130 Å². The van der Waals surface area contributed by atoms with Gasteiger partial charge in [-0.1, -0.05) is 60.7 Å². The van der Waals surface area contributed by atoms with Gasteiger partial charge in [-0.3, -0.25) is 0 Å². The lowest BCUT2D eigenvalue weighted by Gasteiger charge is -1.97. The zero-order chi connectivity index (χ0) is 15.5. The number of guanidine groups is 1. The molecular formula is C17H19N5. The van der Waals surface area contributed by atoms with E-state index in [0.29, 0.717) is 0 Å². The van der Waals surface area contributed by atoms with E-state index in [2.05, 4.69) is 20.7 Å². The van der Waals surface area contributed by atoms with Crippen LogP contribution >= 0.6 is 0 Å². The molecule has 0 unspecified atom stereocenters. The normalized spacial score (nSPS) is 12.1. The highest BCUT2D eigenvalue weighted by Gasteiger charge is 1.89. The number of hydrogen-bond donors (Lipinski definition) is 2. The molecule has 5 heteroatoms. The van der Waals surface area contributed by atoms with Crippen molar-refractivity contribution in [2.24, 2.45) is 21.0 Å². The fraction of sp³-hybridized carbons (Fsp3) is 0.118. The number of rotatable bonds is 6. The summed E-state index contributed by atoms with van der Waals surface area (Å²) in [6.45, 7) is 0. The first-order valence-electron chi connectivity index (χ1n) is 7.05. The average molecular weight is 293 g/mol. The molecule has 0 aromatic heterocycles. The Hall–Kier alpha value is -2.95. The summed E-state index contributed by atoms with van der Waals surface area (Å²) in [6, 6.07) is 20.1. The van der Waals surface area contributed by atoms with Crippen LogP contribution in [0.4, 0.5) is 0 Å². The van der Waals surface area contributed by atoms with Crippen LogP contribution in [0.5, 0.6) is 0 Å². The van der Waals surface area contributed by atoms with Crippen LogP contribution in [0.15, 0.2) is 76.0 Å². The number of hydrazone groups is 1. The highest BCUT2D eigenvalue weighted by atomic mass is 15.4. The molecule has 0 fully saturated rings. The lowest BCUT2D eigenvalue weighted by Crippen LogP contribution is -2.26. The minimum atomic E-state index is 0.161. The summed E-state index contributed by atoms with van der Waals surface area (Å²) >= 11 is 0. The first kappa shape index (κ1) is 15.4. The molecule has 0 saturated heterocycles. The highest BCUT2D eigenvalue weighted by molar-refractivity contribution is 5.79. The molecule has 0 aliphatic rings. The summed E-state index contributed by atoms with van der Waals surface area (Å²) in [7, 11) is 0. The van der Waals surface area contributed by atoms with E-state index in [1.54, 1.807) is 12.4 Å². The monoisotopic (exact) mass is 293 g/mol. The summed E-state index contributed by atoms with van der Waals surface area (Å²) in [5, 5.41) is 11.7. The third-order valence-corrected chi connectivity index (χ3v) is 2.86. The van der Waals surface area contributed by atoms with Gasteiger partial charge >= 0.3 is 0 Å². The van der Waals surface area contributed by atoms with E-state index in [1.807, 2.05) is 60.7 Å². The van der Waals surface area contributed by atoms with Crippen molar-refractivity contribution in [3.63, 3.8) is 0 Å². The molecule has 0 radical (unpaired) electrons. The SMILES string of the molecule is NC(=N/N=C\Cc1ccccc1)N/N=C\Cc1ccccc1. The summed E-state index contributed by atoms with van der Waals surface area (Å²) < 4.78 is 0. The van der Waals surface area contributed by atoms with Gasteiger partial charge in [-0.05, 0) is 11.1 Å². The molecule has 0 spiro atoms.